The molecule has 0 aliphatic carbocycles. The lowest BCUT2D eigenvalue weighted by molar-refractivity contribution is 1.13. The molecule has 0 saturated carbocycles. The molecule has 0 aliphatic heterocycles. The van der Waals surface area contributed by atoms with Gasteiger partial charge in [0.2, 0.25) is 0 Å². The van der Waals surface area contributed by atoms with Gasteiger partial charge in [0.15, 0.2) is 0 Å². The van der Waals surface area contributed by atoms with E-state index >= 15 is 0 Å². The largest absolute Gasteiger partial charge is 0.385 e. The van der Waals surface area contributed by atoms with Crippen LogP contribution >= 0.6 is 0 Å². The number of aryl methyl sites for hydroxylation is 2. The Balaban J connectivity index is 2.72. The predicted octanol–water partition coefficient (Wildman–Crippen LogP) is 3.54. The van der Waals surface area contributed by atoms with Crippen molar-refractivity contribution in [1.29, 1.82) is 0 Å². The van der Waals surface area contributed by atoms with E-state index in [4.69, 9.17) is 0 Å². The minimum absolute atomic E-state index is 0.939. The molecule has 0 amide bonds. The van der Waals surface area contributed by atoms with E-state index in [9.17, 15) is 0 Å². The van der Waals surface area contributed by atoms with E-state index in [0.717, 1.165) is 24.2 Å². The second kappa shape index (κ2) is 4.52. The number of nitrogens with zero attached hydrogens (tertiary/aromatic N) is 1. The molecule has 2 nitrogen and oxygen atoms in total. The molecule has 0 radical (unpaired) electrons. The molecule has 0 bridgehead atoms. The minimum Gasteiger partial charge on any atom is -0.385 e. The Bertz CT molecular complexity index is 503. The minimum atomic E-state index is 0.939. The molecule has 1 heterocycles. The first-order valence-electron chi connectivity index (χ1n) is 5.89. The summed E-state index contributed by atoms with van der Waals surface area (Å²) in [4.78, 5) is 4.65. The van der Waals surface area contributed by atoms with Gasteiger partial charge in [-0.3, -0.25) is 4.98 Å². The normalized spacial score (nSPS) is 10.7. The van der Waals surface area contributed by atoms with Crippen molar-refractivity contribution in [1.82, 2.24) is 4.98 Å². The highest BCUT2D eigenvalue weighted by Crippen LogP contribution is 2.25. The summed E-state index contributed by atoms with van der Waals surface area (Å²) in [5, 5.41) is 4.63. The Morgan fingerprint density at radius 2 is 2.06 bits per heavy atom. The van der Waals surface area contributed by atoms with Crippen LogP contribution in [0.2, 0.25) is 0 Å². The molecule has 1 aromatic heterocycles. The number of fused-ring (bicyclic) bond motifs is 1. The van der Waals surface area contributed by atoms with E-state index in [1.807, 2.05) is 6.92 Å². The number of benzene rings is 1. The number of hydrogen-bond donors (Lipinski definition) is 1. The van der Waals surface area contributed by atoms with Crippen LogP contribution in [0.4, 0.5) is 5.69 Å². The Morgan fingerprint density at radius 1 is 1.25 bits per heavy atom. The highest BCUT2D eigenvalue weighted by atomic mass is 14.9. The molecule has 16 heavy (non-hydrogen) atoms. The molecule has 0 saturated heterocycles. The summed E-state index contributed by atoms with van der Waals surface area (Å²) in [6.07, 6.45) is 1.03. The molecule has 2 rings (SSSR count). The highest BCUT2D eigenvalue weighted by Gasteiger charge is 2.05. The number of pyridine rings is 1. The topological polar surface area (TPSA) is 24.9 Å². The van der Waals surface area contributed by atoms with Gasteiger partial charge in [0.1, 0.15) is 0 Å². The van der Waals surface area contributed by atoms with Gasteiger partial charge in [0.25, 0.3) is 0 Å². The summed E-state index contributed by atoms with van der Waals surface area (Å²) in [5.74, 6) is 0. The molecule has 0 aliphatic rings. The first kappa shape index (κ1) is 10.9. The van der Waals surface area contributed by atoms with Crippen LogP contribution in [0.25, 0.3) is 10.9 Å². The molecule has 0 unspecified atom stereocenters. The van der Waals surface area contributed by atoms with Crippen LogP contribution in [-0.4, -0.2) is 11.5 Å². The second-order valence-electron chi connectivity index (χ2n) is 4.01. The highest BCUT2D eigenvalue weighted by molar-refractivity contribution is 5.93. The number of aromatic nitrogens is 1. The zero-order valence-corrected chi connectivity index (χ0v) is 10.2. The van der Waals surface area contributed by atoms with E-state index in [0.29, 0.717) is 0 Å². The first-order valence-corrected chi connectivity index (χ1v) is 5.89. The first-order chi connectivity index (χ1) is 7.76. The molecule has 2 aromatic rings. The third-order valence-corrected chi connectivity index (χ3v) is 2.80. The van der Waals surface area contributed by atoms with E-state index < -0.39 is 0 Å². The van der Waals surface area contributed by atoms with E-state index in [-0.39, 0.29) is 0 Å². The summed E-state index contributed by atoms with van der Waals surface area (Å²) >= 11 is 0. The fourth-order valence-electron chi connectivity index (χ4n) is 2.06. The van der Waals surface area contributed by atoms with Crippen LogP contribution in [0.1, 0.15) is 25.1 Å². The lowest BCUT2D eigenvalue weighted by Gasteiger charge is -2.11. The summed E-state index contributed by atoms with van der Waals surface area (Å²) in [6, 6.07) is 8.52. The van der Waals surface area contributed by atoms with Crippen LogP contribution in [0, 0.1) is 6.92 Å². The molecule has 0 spiro atoms. The molecular formula is C14H18N2. The number of para-hydroxylation sites is 1. The van der Waals surface area contributed by atoms with Crippen molar-refractivity contribution in [2.45, 2.75) is 27.2 Å². The molecule has 2 heteroatoms. The summed E-state index contributed by atoms with van der Waals surface area (Å²) < 4.78 is 0. The number of nitrogens with one attached hydrogen (secondary N) is 1. The van der Waals surface area contributed by atoms with Gasteiger partial charge in [-0.25, -0.2) is 0 Å². The Labute approximate surface area is 96.7 Å². The summed E-state index contributed by atoms with van der Waals surface area (Å²) in [5.41, 5.74) is 4.73. The number of hydrogen-bond acceptors (Lipinski definition) is 2. The van der Waals surface area contributed by atoms with Gasteiger partial charge >= 0.3 is 0 Å². The maximum Gasteiger partial charge on any atom is 0.0757 e. The average Bonchev–Trinajstić information content (AvgIpc) is 2.28. The standard InChI is InChI=1S/C14H18N2/c1-4-11-7-6-8-12-13(15-5-2)9-10(3)16-14(11)12/h6-9H,4-5H2,1-3H3,(H,15,16). The van der Waals surface area contributed by atoms with Gasteiger partial charge in [0, 0.05) is 23.3 Å². The van der Waals surface area contributed by atoms with Gasteiger partial charge in [-0.05, 0) is 31.9 Å². The van der Waals surface area contributed by atoms with E-state index in [2.05, 4.69) is 48.4 Å². The zero-order valence-electron chi connectivity index (χ0n) is 10.2. The Kier molecular flexibility index (Phi) is 3.09. The molecule has 1 aromatic carbocycles. The van der Waals surface area contributed by atoms with Crippen molar-refractivity contribution in [3.05, 3.63) is 35.5 Å². The van der Waals surface area contributed by atoms with Crippen LogP contribution in [-0.2, 0) is 6.42 Å². The van der Waals surface area contributed by atoms with Crippen LogP contribution < -0.4 is 5.32 Å². The fraction of sp³-hybridized carbons (Fsp3) is 0.357. The van der Waals surface area contributed by atoms with Gasteiger partial charge in [0.05, 0.1) is 5.52 Å². The smallest absolute Gasteiger partial charge is 0.0757 e. The van der Waals surface area contributed by atoms with Crippen molar-refractivity contribution in [2.75, 3.05) is 11.9 Å². The van der Waals surface area contributed by atoms with Crippen molar-refractivity contribution in [2.24, 2.45) is 0 Å². The van der Waals surface area contributed by atoms with Crippen molar-refractivity contribution in [3.8, 4) is 0 Å². The monoisotopic (exact) mass is 214 g/mol. The zero-order chi connectivity index (χ0) is 11.5. The maximum atomic E-state index is 4.65. The van der Waals surface area contributed by atoms with Gasteiger partial charge in [-0.1, -0.05) is 25.1 Å². The fourth-order valence-corrected chi connectivity index (χ4v) is 2.06. The maximum absolute atomic E-state index is 4.65. The van der Waals surface area contributed by atoms with Gasteiger partial charge < -0.3 is 5.32 Å². The van der Waals surface area contributed by atoms with Gasteiger partial charge in [-0.2, -0.15) is 0 Å². The lowest BCUT2D eigenvalue weighted by Crippen LogP contribution is -2.00. The molecular weight excluding hydrogens is 196 g/mol. The average molecular weight is 214 g/mol. The third kappa shape index (κ3) is 1.87. The number of rotatable bonds is 3. The van der Waals surface area contributed by atoms with Crippen molar-refractivity contribution in [3.63, 3.8) is 0 Å². The molecule has 0 fully saturated rings. The third-order valence-electron chi connectivity index (χ3n) is 2.80. The van der Waals surface area contributed by atoms with Gasteiger partial charge in [-0.15, -0.1) is 0 Å². The van der Waals surface area contributed by atoms with E-state index in [1.165, 1.54) is 16.6 Å². The second-order valence-corrected chi connectivity index (χ2v) is 4.01. The van der Waals surface area contributed by atoms with Crippen molar-refractivity contribution < 1.29 is 0 Å². The Morgan fingerprint density at radius 3 is 2.75 bits per heavy atom. The molecule has 84 valence electrons. The summed E-state index contributed by atoms with van der Waals surface area (Å²) in [6.45, 7) is 7.28. The SMILES string of the molecule is CCNc1cc(C)nc2c(CC)cccc12. The lowest BCUT2D eigenvalue weighted by atomic mass is 10.1. The van der Waals surface area contributed by atoms with Crippen LogP contribution in [0.5, 0.6) is 0 Å². The predicted molar refractivity (Wildman–Crippen MR) is 70.0 cm³/mol. The van der Waals surface area contributed by atoms with E-state index in [1.54, 1.807) is 0 Å². The Hall–Kier alpha value is -1.57. The van der Waals surface area contributed by atoms with Crippen LogP contribution in [0.15, 0.2) is 24.3 Å². The van der Waals surface area contributed by atoms with Crippen LogP contribution in [0.3, 0.4) is 0 Å². The molecule has 0 atom stereocenters. The van der Waals surface area contributed by atoms with Crippen molar-refractivity contribution >= 4 is 16.6 Å². The molecule has 1 N–H and O–H groups in total. The number of anilines is 1. The summed E-state index contributed by atoms with van der Waals surface area (Å²) in [7, 11) is 0. The quantitative estimate of drug-likeness (QED) is 0.845.